The smallest absolute Gasteiger partial charge is 0.298 e. The van der Waals surface area contributed by atoms with Gasteiger partial charge in [0.1, 0.15) is 5.52 Å². The van der Waals surface area contributed by atoms with Crippen molar-refractivity contribution < 1.29 is 9.21 Å². The van der Waals surface area contributed by atoms with Crippen LogP contribution >= 0.6 is 0 Å². The number of hydrogen-bond acceptors (Lipinski definition) is 4. The fourth-order valence-electron chi connectivity index (χ4n) is 4.10. The molecule has 0 bridgehead atoms. The number of amides is 1. The second-order valence-corrected chi connectivity index (χ2v) is 7.09. The second-order valence-electron chi connectivity index (χ2n) is 7.09. The summed E-state index contributed by atoms with van der Waals surface area (Å²) >= 11 is 0. The number of para-hydroxylation sites is 3. The van der Waals surface area contributed by atoms with Crippen molar-refractivity contribution in [1.29, 1.82) is 0 Å². The molecular weight excluding hydrogens is 326 g/mol. The fourth-order valence-corrected chi connectivity index (χ4v) is 4.10. The van der Waals surface area contributed by atoms with Gasteiger partial charge in [0.15, 0.2) is 5.58 Å². The van der Waals surface area contributed by atoms with Gasteiger partial charge in [0.25, 0.3) is 6.01 Å². The molecule has 3 heterocycles. The van der Waals surface area contributed by atoms with E-state index in [0.29, 0.717) is 6.01 Å². The van der Waals surface area contributed by atoms with Gasteiger partial charge in [-0.15, -0.1) is 0 Å². The van der Waals surface area contributed by atoms with Crippen molar-refractivity contribution in [3.8, 4) is 0 Å². The van der Waals surface area contributed by atoms with E-state index in [4.69, 9.17) is 4.42 Å². The quantitative estimate of drug-likeness (QED) is 0.710. The maximum Gasteiger partial charge on any atom is 0.298 e. The van der Waals surface area contributed by atoms with Crippen LogP contribution in [0, 0.1) is 5.92 Å². The van der Waals surface area contributed by atoms with Gasteiger partial charge in [-0.1, -0.05) is 30.3 Å². The zero-order valence-electron chi connectivity index (χ0n) is 14.6. The number of carbonyl (C=O) groups is 1. The van der Waals surface area contributed by atoms with Crippen molar-refractivity contribution >= 4 is 28.7 Å². The molecule has 0 atom stereocenters. The fraction of sp³-hybridized carbons (Fsp3) is 0.333. The number of carbonyl (C=O) groups excluding carboxylic acids is 1. The standard InChI is InChI=1S/C21H21N3O2/c25-20(24-14-11-15-5-1-3-7-18(15)24)16-9-12-23(13-10-16)21-22-17-6-2-4-8-19(17)26-21/h1-8,16H,9-14H2. The molecule has 2 aromatic carbocycles. The first-order valence-electron chi connectivity index (χ1n) is 9.29. The molecule has 5 nitrogen and oxygen atoms in total. The third-order valence-corrected chi connectivity index (χ3v) is 5.55. The van der Waals surface area contributed by atoms with Crippen LogP contribution in [0.25, 0.3) is 11.1 Å². The molecule has 1 amide bonds. The molecular formula is C21H21N3O2. The normalized spacial score (nSPS) is 17.7. The van der Waals surface area contributed by atoms with Crippen molar-refractivity contribution in [3.63, 3.8) is 0 Å². The Kier molecular flexibility index (Phi) is 3.66. The van der Waals surface area contributed by atoms with Crippen molar-refractivity contribution in [2.24, 2.45) is 5.92 Å². The summed E-state index contributed by atoms with van der Waals surface area (Å²) < 4.78 is 5.87. The molecule has 132 valence electrons. The van der Waals surface area contributed by atoms with Crippen molar-refractivity contribution in [2.75, 3.05) is 29.4 Å². The minimum atomic E-state index is 0.0850. The molecule has 26 heavy (non-hydrogen) atoms. The number of rotatable bonds is 2. The van der Waals surface area contributed by atoms with E-state index in [1.165, 1.54) is 5.56 Å². The molecule has 0 unspecified atom stereocenters. The Morgan fingerprint density at radius 1 is 1.00 bits per heavy atom. The summed E-state index contributed by atoms with van der Waals surface area (Å²) in [6.45, 7) is 2.42. The molecule has 1 aromatic heterocycles. The summed E-state index contributed by atoms with van der Waals surface area (Å²) in [7, 11) is 0. The van der Waals surface area contributed by atoms with Crippen LogP contribution < -0.4 is 9.80 Å². The van der Waals surface area contributed by atoms with Crippen molar-refractivity contribution in [3.05, 3.63) is 54.1 Å². The van der Waals surface area contributed by atoms with E-state index in [2.05, 4.69) is 22.0 Å². The van der Waals surface area contributed by atoms with E-state index in [9.17, 15) is 4.79 Å². The number of benzene rings is 2. The first-order valence-corrected chi connectivity index (χ1v) is 9.29. The van der Waals surface area contributed by atoms with Crippen LogP contribution in [-0.2, 0) is 11.2 Å². The summed E-state index contributed by atoms with van der Waals surface area (Å²) in [6.07, 6.45) is 2.65. The van der Waals surface area contributed by atoms with Gasteiger partial charge >= 0.3 is 0 Å². The zero-order valence-corrected chi connectivity index (χ0v) is 14.6. The van der Waals surface area contributed by atoms with E-state index < -0.39 is 0 Å². The molecule has 0 N–H and O–H groups in total. The summed E-state index contributed by atoms with van der Waals surface area (Å²) in [5.41, 5.74) is 4.08. The predicted molar refractivity (Wildman–Crippen MR) is 101 cm³/mol. The van der Waals surface area contributed by atoms with Gasteiger partial charge in [0, 0.05) is 31.2 Å². The molecule has 1 saturated heterocycles. The molecule has 1 fully saturated rings. The van der Waals surface area contributed by atoms with E-state index in [0.717, 1.165) is 55.7 Å². The van der Waals surface area contributed by atoms with E-state index >= 15 is 0 Å². The van der Waals surface area contributed by atoms with Gasteiger partial charge in [-0.25, -0.2) is 0 Å². The van der Waals surface area contributed by atoms with Crippen molar-refractivity contribution in [1.82, 2.24) is 4.98 Å². The summed E-state index contributed by atoms with van der Waals surface area (Å²) in [6, 6.07) is 16.7. The van der Waals surface area contributed by atoms with E-state index in [1.54, 1.807) is 0 Å². The van der Waals surface area contributed by atoms with E-state index in [-0.39, 0.29) is 11.8 Å². The Balaban J connectivity index is 1.28. The largest absolute Gasteiger partial charge is 0.423 e. The average molecular weight is 347 g/mol. The number of oxazole rings is 1. The maximum absolute atomic E-state index is 13.0. The number of fused-ring (bicyclic) bond motifs is 2. The Labute approximate surface area is 152 Å². The molecule has 0 spiro atoms. The third kappa shape index (κ3) is 2.55. The molecule has 5 heteroatoms. The lowest BCUT2D eigenvalue weighted by molar-refractivity contribution is -0.122. The number of anilines is 2. The highest BCUT2D eigenvalue weighted by Gasteiger charge is 2.33. The Morgan fingerprint density at radius 3 is 2.62 bits per heavy atom. The summed E-state index contributed by atoms with van der Waals surface area (Å²) in [5, 5.41) is 0. The highest BCUT2D eigenvalue weighted by molar-refractivity contribution is 5.97. The van der Waals surface area contributed by atoms with E-state index in [1.807, 2.05) is 41.3 Å². The SMILES string of the molecule is O=C(C1CCN(c2nc3ccccc3o2)CC1)N1CCc2ccccc21. The van der Waals surface area contributed by atoms with Gasteiger partial charge in [0.05, 0.1) is 0 Å². The molecule has 0 saturated carbocycles. The van der Waals surface area contributed by atoms with Crippen LogP contribution in [-0.4, -0.2) is 30.5 Å². The first-order chi connectivity index (χ1) is 12.8. The number of hydrogen-bond donors (Lipinski definition) is 0. The first kappa shape index (κ1) is 15.4. The molecule has 3 aromatic rings. The number of nitrogens with zero attached hydrogens (tertiary/aromatic N) is 3. The molecule has 2 aliphatic rings. The van der Waals surface area contributed by atoms with Crippen LogP contribution in [0.1, 0.15) is 18.4 Å². The van der Waals surface area contributed by atoms with Gasteiger partial charge in [0.2, 0.25) is 5.91 Å². The lowest BCUT2D eigenvalue weighted by atomic mass is 9.95. The minimum absolute atomic E-state index is 0.0850. The topological polar surface area (TPSA) is 49.6 Å². The highest BCUT2D eigenvalue weighted by atomic mass is 16.4. The second kappa shape index (κ2) is 6.16. The number of aromatic nitrogens is 1. The Bertz CT molecular complexity index is 924. The van der Waals surface area contributed by atoms with Gasteiger partial charge in [-0.3, -0.25) is 4.79 Å². The minimum Gasteiger partial charge on any atom is -0.423 e. The molecule has 0 radical (unpaired) electrons. The molecule has 2 aliphatic heterocycles. The molecule has 0 aliphatic carbocycles. The zero-order chi connectivity index (χ0) is 17.5. The summed E-state index contributed by atoms with van der Waals surface area (Å²) in [5.74, 6) is 0.356. The van der Waals surface area contributed by atoms with Crippen LogP contribution in [0.2, 0.25) is 0 Å². The van der Waals surface area contributed by atoms with Gasteiger partial charge in [-0.2, -0.15) is 4.98 Å². The highest BCUT2D eigenvalue weighted by Crippen LogP contribution is 2.32. The lowest BCUT2D eigenvalue weighted by Gasteiger charge is -2.32. The predicted octanol–water partition coefficient (Wildman–Crippen LogP) is 3.63. The van der Waals surface area contributed by atoms with Crippen LogP contribution in [0.4, 0.5) is 11.7 Å². The summed E-state index contributed by atoms with van der Waals surface area (Å²) in [4.78, 5) is 21.7. The van der Waals surface area contributed by atoms with Crippen LogP contribution in [0.5, 0.6) is 0 Å². The third-order valence-electron chi connectivity index (χ3n) is 5.55. The lowest BCUT2D eigenvalue weighted by Crippen LogP contribution is -2.42. The number of piperidine rings is 1. The monoisotopic (exact) mass is 347 g/mol. The van der Waals surface area contributed by atoms with Crippen molar-refractivity contribution in [2.45, 2.75) is 19.3 Å². The van der Waals surface area contributed by atoms with Crippen LogP contribution in [0.15, 0.2) is 52.9 Å². The van der Waals surface area contributed by atoms with Gasteiger partial charge < -0.3 is 14.2 Å². The average Bonchev–Trinajstić information content (AvgIpc) is 3.32. The van der Waals surface area contributed by atoms with Crippen LogP contribution in [0.3, 0.4) is 0 Å². The maximum atomic E-state index is 13.0. The molecule has 5 rings (SSSR count). The Hall–Kier alpha value is -2.82. The van der Waals surface area contributed by atoms with Gasteiger partial charge in [-0.05, 0) is 43.0 Å². The Morgan fingerprint density at radius 2 is 1.77 bits per heavy atom.